The molecule has 2 amide bonds. The fraction of sp³-hybridized carbons (Fsp3) is 0.257. The maximum absolute atomic E-state index is 15.1. The number of hydrogen-bond acceptors (Lipinski definition) is 4. The number of hydrogen-bond donors (Lipinski definition) is 1. The Hall–Kier alpha value is -3.92. The third-order valence-corrected chi connectivity index (χ3v) is 9.46. The molecular weight excluding hydrogens is 648 g/mol. The van der Waals surface area contributed by atoms with Crippen molar-refractivity contribution in [3.8, 4) is 0 Å². The normalized spacial score (nSPS) is 12.3. The van der Waals surface area contributed by atoms with E-state index in [4.69, 9.17) is 23.2 Å². The van der Waals surface area contributed by atoms with E-state index in [9.17, 15) is 18.0 Å². The third-order valence-electron chi connectivity index (χ3n) is 7.13. The van der Waals surface area contributed by atoms with Crippen molar-refractivity contribution in [3.05, 3.63) is 130 Å². The van der Waals surface area contributed by atoms with Gasteiger partial charge in [0.2, 0.25) is 11.8 Å². The summed E-state index contributed by atoms with van der Waals surface area (Å²) >= 11 is 12.8. The molecule has 7 nitrogen and oxygen atoms in total. The molecule has 4 aromatic carbocycles. The minimum absolute atomic E-state index is 0.0207. The molecule has 0 radical (unpaired) electrons. The molecule has 0 unspecified atom stereocenters. The summed E-state index contributed by atoms with van der Waals surface area (Å²) in [6.07, 6.45) is 0.0889. The molecule has 11 heteroatoms. The minimum Gasteiger partial charge on any atom is -0.350 e. The van der Waals surface area contributed by atoms with Gasteiger partial charge in [-0.1, -0.05) is 89.4 Å². The van der Waals surface area contributed by atoms with Crippen LogP contribution < -0.4 is 9.62 Å². The molecule has 4 rings (SSSR count). The number of carbonyl (C=O) groups is 2. The molecular formula is C35H36Cl2FN3O4S. The van der Waals surface area contributed by atoms with Crippen LogP contribution in [0.1, 0.15) is 37.5 Å². The van der Waals surface area contributed by atoms with Gasteiger partial charge in [-0.15, -0.1) is 0 Å². The SMILES string of the molecule is Cc1ccc(S(=O)(=O)N(CC(=O)N(Cc2ccccc2F)[C@@H](Cc2ccccc2)C(=O)NC(C)(C)C)c2cc(Cl)ccc2Cl)cc1. The van der Waals surface area contributed by atoms with E-state index < -0.39 is 45.8 Å². The van der Waals surface area contributed by atoms with Crippen LogP contribution in [0.5, 0.6) is 0 Å². The van der Waals surface area contributed by atoms with E-state index in [1.807, 2.05) is 58.0 Å². The summed E-state index contributed by atoms with van der Waals surface area (Å²) in [6.45, 7) is 6.20. The van der Waals surface area contributed by atoms with E-state index in [-0.39, 0.29) is 39.2 Å². The van der Waals surface area contributed by atoms with Crippen LogP contribution in [-0.4, -0.2) is 43.3 Å². The smallest absolute Gasteiger partial charge is 0.264 e. The zero-order valence-corrected chi connectivity index (χ0v) is 28.3. The Labute approximate surface area is 280 Å². The van der Waals surface area contributed by atoms with Crippen molar-refractivity contribution in [3.63, 3.8) is 0 Å². The molecule has 0 spiro atoms. The highest BCUT2D eigenvalue weighted by Crippen LogP contribution is 2.33. The topological polar surface area (TPSA) is 86.8 Å². The number of sulfonamides is 1. The lowest BCUT2D eigenvalue weighted by Gasteiger charge is -2.35. The van der Waals surface area contributed by atoms with Crippen molar-refractivity contribution in [1.82, 2.24) is 10.2 Å². The molecule has 0 fully saturated rings. The number of carbonyl (C=O) groups excluding carboxylic acids is 2. The van der Waals surface area contributed by atoms with Gasteiger partial charge in [0.25, 0.3) is 10.0 Å². The van der Waals surface area contributed by atoms with Crippen molar-refractivity contribution >= 4 is 50.7 Å². The van der Waals surface area contributed by atoms with Crippen LogP contribution in [0.15, 0.2) is 102 Å². The van der Waals surface area contributed by atoms with Gasteiger partial charge in [-0.05, 0) is 69.7 Å². The number of anilines is 1. The molecule has 4 aromatic rings. The summed E-state index contributed by atoms with van der Waals surface area (Å²) in [5, 5.41) is 3.18. The van der Waals surface area contributed by atoms with E-state index in [0.717, 1.165) is 15.4 Å². The summed E-state index contributed by atoms with van der Waals surface area (Å²) in [5.41, 5.74) is 1.07. The van der Waals surface area contributed by atoms with Gasteiger partial charge in [0.15, 0.2) is 0 Å². The van der Waals surface area contributed by atoms with Crippen molar-refractivity contribution in [2.75, 3.05) is 10.8 Å². The van der Waals surface area contributed by atoms with E-state index in [2.05, 4.69) is 5.32 Å². The van der Waals surface area contributed by atoms with E-state index in [0.29, 0.717) is 0 Å². The zero-order valence-electron chi connectivity index (χ0n) is 26.0. The molecule has 1 N–H and O–H groups in total. The first-order valence-electron chi connectivity index (χ1n) is 14.6. The Morgan fingerprint density at radius 3 is 2.15 bits per heavy atom. The average Bonchev–Trinajstić information content (AvgIpc) is 2.99. The second kappa shape index (κ2) is 14.7. The van der Waals surface area contributed by atoms with Crippen LogP contribution in [0.25, 0.3) is 0 Å². The molecule has 0 saturated carbocycles. The first-order chi connectivity index (χ1) is 21.7. The van der Waals surface area contributed by atoms with Crippen LogP contribution in [0.2, 0.25) is 10.0 Å². The minimum atomic E-state index is -4.39. The molecule has 0 bridgehead atoms. The van der Waals surface area contributed by atoms with Gasteiger partial charge < -0.3 is 10.2 Å². The summed E-state index contributed by atoms with van der Waals surface area (Å²) in [5.74, 6) is -1.80. The van der Waals surface area contributed by atoms with Crippen molar-refractivity contribution < 1.29 is 22.4 Å². The predicted octanol–water partition coefficient (Wildman–Crippen LogP) is 7.19. The number of amides is 2. The fourth-order valence-corrected chi connectivity index (χ4v) is 6.71. The number of halogens is 3. The third kappa shape index (κ3) is 8.87. The number of nitrogens with zero attached hydrogens (tertiary/aromatic N) is 2. The highest BCUT2D eigenvalue weighted by molar-refractivity contribution is 7.92. The van der Waals surface area contributed by atoms with E-state index in [1.54, 1.807) is 18.2 Å². The van der Waals surface area contributed by atoms with Gasteiger partial charge in [0.05, 0.1) is 15.6 Å². The maximum atomic E-state index is 15.1. The first-order valence-corrected chi connectivity index (χ1v) is 16.8. The van der Waals surface area contributed by atoms with Gasteiger partial charge in [0, 0.05) is 29.1 Å². The van der Waals surface area contributed by atoms with Gasteiger partial charge in [-0.25, -0.2) is 12.8 Å². The Kier molecular flexibility index (Phi) is 11.1. The van der Waals surface area contributed by atoms with Crippen molar-refractivity contribution in [1.29, 1.82) is 0 Å². The summed E-state index contributed by atoms with van der Waals surface area (Å²) in [7, 11) is -4.39. The number of aryl methyl sites for hydroxylation is 1. The molecule has 0 heterocycles. The van der Waals surface area contributed by atoms with Gasteiger partial charge in [-0.2, -0.15) is 0 Å². The Morgan fingerprint density at radius 1 is 0.891 bits per heavy atom. The molecule has 0 aliphatic carbocycles. The number of rotatable bonds is 11. The van der Waals surface area contributed by atoms with Gasteiger partial charge >= 0.3 is 0 Å². The standard InChI is InChI=1S/C35H36Cl2FN3O4S/c1-24-14-17-28(18-15-24)46(44,45)41(31-21-27(36)16-19-29(31)37)23-33(42)40(22-26-12-8-9-13-30(26)38)32(34(43)39-35(2,3)4)20-25-10-6-5-7-11-25/h5-19,21,32H,20,22-23H2,1-4H3,(H,39,43)/t32-/m0/s1. The molecule has 46 heavy (non-hydrogen) atoms. The van der Waals surface area contributed by atoms with Crippen LogP contribution in [-0.2, 0) is 32.6 Å². The van der Waals surface area contributed by atoms with Crippen LogP contribution in [0.3, 0.4) is 0 Å². The van der Waals surface area contributed by atoms with Crippen LogP contribution in [0.4, 0.5) is 10.1 Å². The highest BCUT2D eigenvalue weighted by atomic mass is 35.5. The Balaban J connectivity index is 1.86. The Bertz CT molecular complexity index is 1800. The number of benzene rings is 4. The second-order valence-corrected chi connectivity index (χ2v) is 14.7. The Morgan fingerprint density at radius 2 is 1.52 bits per heavy atom. The molecule has 242 valence electrons. The van der Waals surface area contributed by atoms with Crippen molar-refractivity contribution in [2.45, 2.75) is 57.1 Å². The van der Waals surface area contributed by atoms with Gasteiger partial charge in [-0.3, -0.25) is 13.9 Å². The lowest BCUT2D eigenvalue weighted by Crippen LogP contribution is -2.56. The lowest BCUT2D eigenvalue weighted by molar-refractivity contribution is -0.140. The monoisotopic (exact) mass is 683 g/mol. The van der Waals surface area contributed by atoms with Crippen LogP contribution >= 0.6 is 23.2 Å². The molecule has 0 aliphatic rings. The zero-order chi connectivity index (χ0) is 33.6. The van der Waals surface area contributed by atoms with E-state index >= 15 is 4.39 Å². The van der Waals surface area contributed by atoms with Crippen LogP contribution in [0, 0.1) is 12.7 Å². The summed E-state index contributed by atoms with van der Waals surface area (Å²) in [6, 6.07) is 24.4. The van der Waals surface area contributed by atoms with E-state index in [1.165, 1.54) is 53.4 Å². The first kappa shape index (κ1) is 34.9. The predicted molar refractivity (Wildman–Crippen MR) is 181 cm³/mol. The summed E-state index contributed by atoms with van der Waals surface area (Å²) < 4.78 is 44.3. The molecule has 0 aliphatic heterocycles. The quantitative estimate of drug-likeness (QED) is 0.181. The highest BCUT2D eigenvalue weighted by Gasteiger charge is 2.36. The molecule has 0 aromatic heterocycles. The summed E-state index contributed by atoms with van der Waals surface area (Å²) in [4.78, 5) is 29.6. The largest absolute Gasteiger partial charge is 0.350 e. The molecule has 1 atom stereocenters. The number of nitrogens with one attached hydrogen (secondary N) is 1. The second-order valence-electron chi connectivity index (χ2n) is 12.0. The molecule has 0 saturated heterocycles. The fourth-order valence-electron chi connectivity index (χ4n) is 4.84. The lowest BCUT2D eigenvalue weighted by atomic mass is 10.0. The maximum Gasteiger partial charge on any atom is 0.264 e. The van der Waals surface area contributed by atoms with Crippen molar-refractivity contribution in [2.24, 2.45) is 0 Å². The average molecular weight is 685 g/mol. The van der Waals surface area contributed by atoms with Gasteiger partial charge in [0.1, 0.15) is 18.4 Å².